The molecule has 0 spiro atoms. The average Bonchev–Trinajstić information content (AvgIpc) is 3.02. The molecule has 0 radical (unpaired) electrons. The van der Waals surface area contributed by atoms with Gasteiger partial charge in [-0.3, -0.25) is 4.79 Å². The SMILES string of the molecule is C=C(CCCCCCCC/C=C\CCCCCCCC)C[C@@H](CCN)C(=O)NCCCCCCCCCCCCCCCC. The van der Waals surface area contributed by atoms with Gasteiger partial charge < -0.3 is 11.1 Å². The highest BCUT2D eigenvalue weighted by Gasteiger charge is 2.18. The van der Waals surface area contributed by atoms with Gasteiger partial charge in [-0.2, -0.15) is 0 Å². The van der Waals surface area contributed by atoms with Crippen LogP contribution in [0.3, 0.4) is 0 Å². The normalized spacial score (nSPS) is 12.2. The molecule has 1 amide bonds. The molecule has 0 aromatic rings. The zero-order valence-corrected chi connectivity index (χ0v) is 30.3. The van der Waals surface area contributed by atoms with Gasteiger partial charge in [0.1, 0.15) is 0 Å². The lowest BCUT2D eigenvalue weighted by Crippen LogP contribution is -2.33. The number of hydrogen-bond donors (Lipinski definition) is 2. The minimum absolute atomic E-state index is 0.00624. The molecule has 44 heavy (non-hydrogen) atoms. The highest BCUT2D eigenvalue weighted by molar-refractivity contribution is 5.78. The van der Waals surface area contributed by atoms with Gasteiger partial charge in [-0.1, -0.05) is 179 Å². The van der Waals surface area contributed by atoms with Gasteiger partial charge in [-0.25, -0.2) is 0 Å². The molecule has 0 fully saturated rings. The molecule has 0 aliphatic rings. The van der Waals surface area contributed by atoms with Crippen molar-refractivity contribution >= 4 is 5.91 Å². The Morgan fingerprint density at radius 2 is 0.977 bits per heavy atom. The van der Waals surface area contributed by atoms with Crippen LogP contribution in [0.1, 0.15) is 213 Å². The minimum Gasteiger partial charge on any atom is -0.356 e. The van der Waals surface area contributed by atoms with Gasteiger partial charge in [0.05, 0.1) is 0 Å². The van der Waals surface area contributed by atoms with Crippen LogP contribution in [0.25, 0.3) is 0 Å². The van der Waals surface area contributed by atoms with E-state index in [9.17, 15) is 4.79 Å². The molecule has 0 aliphatic carbocycles. The van der Waals surface area contributed by atoms with E-state index in [2.05, 4.69) is 37.9 Å². The Hall–Kier alpha value is -1.09. The Morgan fingerprint density at radius 1 is 0.591 bits per heavy atom. The van der Waals surface area contributed by atoms with E-state index in [4.69, 9.17) is 5.73 Å². The number of amides is 1. The van der Waals surface area contributed by atoms with Crippen molar-refractivity contribution in [3.63, 3.8) is 0 Å². The molecule has 0 heterocycles. The summed E-state index contributed by atoms with van der Waals surface area (Å²) >= 11 is 0. The number of carbonyl (C=O) groups is 1. The Kier molecular flexibility index (Phi) is 35.5. The van der Waals surface area contributed by atoms with Gasteiger partial charge >= 0.3 is 0 Å². The van der Waals surface area contributed by atoms with E-state index >= 15 is 0 Å². The molecule has 3 N–H and O–H groups in total. The highest BCUT2D eigenvalue weighted by Crippen LogP contribution is 2.20. The van der Waals surface area contributed by atoms with Crippen molar-refractivity contribution in [2.75, 3.05) is 13.1 Å². The largest absolute Gasteiger partial charge is 0.356 e. The van der Waals surface area contributed by atoms with Crippen molar-refractivity contribution in [2.24, 2.45) is 11.7 Å². The Morgan fingerprint density at radius 3 is 1.41 bits per heavy atom. The van der Waals surface area contributed by atoms with Gasteiger partial charge in [0.15, 0.2) is 0 Å². The van der Waals surface area contributed by atoms with Gasteiger partial charge in [0.2, 0.25) is 5.91 Å². The molecule has 0 aromatic carbocycles. The smallest absolute Gasteiger partial charge is 0.223 e. The van der Waals surface area contributed by atoms with Gasteiger partial charge in [0.25, 0.3) is 0 Å². The lowest BCUT2D eigenvalue weighted by atomic mass is 9.93. The van der Waals surface area contributed by atoms with E-state index in [0.717, 1.165) is 32.2 Å². The predicted molar refractivity (Wildman–Crippen MR) is 198 cm³/mol. The molecular weight excluding hydrogens is 536 g/mol. The Labute approximate surface area is 277 Å². The fourth-order valence-electron chi connectivity index (χ4n) is 6.28. The summed E-state index contributed by atoms with van der Waals surface area (Å²) in [5, 5.41) is 3.20. The molecule has 1 atom stereocenters. The fraction of sp³-hybridized carbons (Fsp3) is 0.878. The lowest BCUT2D eigenvalue weighted by molar-refractivity contribution is -0.125. The second-order valence-corrected chi connectivity index (χ2v) is 13.8. The summed E-state index contributed by atoms with van der Waals surface area (Å²) < 4.78 is 0. The molecule has 0 aliphatic heterocycles. The van der Waals surface area contributed by atoms with Crippen molar-refractivity contribution in [3.05, 3.63) is 24.3 Å². The summed E-state index contributed by atoms with van der Waals surface area (Å²) in [5.41, 5.74) is 7.08. The molecule has 0 aromatic heterocycles. The van der Waals surface area contributed by atoms with E-state index in [1.807, 2.05) is 0 Å². The van der Waals surface area contributed by atoms with Crippen molar-refractivity contribution in [1.29, 1.82) is 0 Å². The first-order valence-corrected chi connectivity index (χ1v) is 19.9. The van der Waals surface area contributed by atoms with Crippen LogP contribution in [0.5, 0.6) is 0 Å². The maximum Gasteiger partial charge on any atom is 0.223 e. The van der Waals surface area contributed by atoms with E-state index in [-0.39, 0.29) is 11.8 Å². The van der Waals surface area contributed by atoms with Crippen molar-refractivity contribution < 1.29 is 4.79 Å². The quantitative estimate of drug-likeness (QED) is 0.0543. The van der Waals surface area contributed by atoms with Crippen LogP contribution < -0.4 is 11.1 Å². The first kappa shape index (κ1) is 42.9. The molecule has 0 saturated carbocycles. The third-order valence-electron chi connectivity index (χ3n) is 9.29. The van der Waals surface area contributed by atoms with Crippen molar-refractivity contribution in [1.82, 2.24) is 5.32 Å². The van der Waals surface area contributed by atoms with Crippen LogP contribution in [0.15, 0.2) is 24.3 Å². The zero-order chi connectivity index (χ0) is 32.2. The number of nitrogens with two attached hydrogens (primary N) is 1. The number of carbonyl (C=O) groups excluding carboxylic acids is 1. The standard InChI is InChI=1S/C41H80N2O/c1-4-6-8-10-12-14-16-18-20-21-22-24-26-28-30-32-34-39(3)38-40(35-36-42)41(44)43-37-33-31-29-27-25-23-19-17-15-13-11-9-7-5-2/h18,20,40H,3-17,19,21-38,42H2,1-2H3,(H,43,44)/b20-18-/t40-/m1/s1. The van der Waals surface area contributed by atoms with Crippen LogP contribution in [0.2, 0.25) is 0 Å². The molecular formula is C41H80N2O. The summed E-state index contributed by atoms with van der Waals surface area (Å²) in [5.74, 6) is 0.181. The zero-order valence-electron chi connectivity index (χ0n) is 30.3. The van der Waals surface area contributed by atoms with Crippen molar-refractivity contribution in [2.45, 2.75) is 213 Å². The molecule has 0 saturated heterocycles. The Bertz CT molecular complexity index is 628. The topological polar surface area (TPSA) is 55.1 Å². The molecule has 3 heteroatoms. The van der Waals surface area contributed by atoms with E-state index in [1.54, 1.807) is 0 Å². The van der Waals surface area contributed by atoms with Crippen LogP contribution in [0, 0.1) is 5.92 Å². The number of unbranched alkanes of at least 4 members (excludes halogenated alkanes) is 25. The minimum atomic E-state index is -0.00624. The average molecular weight is 617 g/mol. The van der Waals surface area contributed by atoms with E-state index in [0.29, 0.717) is 6.54 Å². The van der Waals surface area contributed by atoms with Gasteiger partial charge in [-0.15, -0.1) is 0 Å². The van der Waals surface area contributed by atoms with Crippen LogP contribution in [-0.2, 0) is 4.79 Å². The summed E-state index contributed by atoms with van der Waals surface area (Å²) in [6.07, 6.45) is 45.1. The maximum atomic E-state index is 12.8. The third-order valence-corrected chi connectivity index (χ3v) is 9.29. The predicted octanol–water partition coefficient (Wildman–Crippen LogP) is 12.9. The molecule has 0 bridgehead atoms. The van der Waals surface area contributed by atoms with Crippen LogP contribution in [0.4, 0.5) is 0 Å². The van der Waals surface area contributed by atoms with Crippen molar-refractivity contribution in [3.8, 4) is 0 Å². The number of rotatable bonds is 36. The molecule has 260 valence electrons. The molecule has 3 nitrogen and oxygen atoms in total. The summed E-state index contributed by atoms with van der Waals surface area (Å²) in [6.45, 7) is 10.3. The second kappa shape index (κ2) is 36.4. The van der Waals surface area contributed by atoms with Crippen LogP contribution >= 0.6 is 0 Å². The van der Waals surface area contributed by atoms with E-state index < -0.39 is 0 Å². The lowest BCUT2D eigenvalue weighted by Gasteiger charge is -2.17. The number of allylic oxidation sites excluding steroid dienone is 3. The van der Waals surface area contributed by atoms with E-state index in [1.165, 1.54) is 179 Å². The fourth-order valence-corrected chi connectivity index (χ4v) is 6.28. The van der Waals surface area contributed by atoms with Gasteiger partial charge in [0, 0.05) is 12.5 Å². The Balaban J connectivity index is 3.65. The highest BCUT2D eigenvalue weighted by atomic mass is 16.1. The van der Waals surface area contributed by atoms with Gasteiger partial charge in [-0.05, 0) is 64.3 Å². The summed E-state index contributed by atoms with van der Waals surface area (Å²) in [6, 6.07) is 0. The first-order chi connectivity index (χ1) is 21.7. The monoisotopic (exact) mass is 617 g/mol. The van der Waals surface area contributed by atoms with Crippen LogP contribution in [-0.4, -0.2) is 19.0 Å². The molecule has 0 unspecified atom stereocenters. The summed E-state index contributed by atoms with van der Waals surface area (Å²) in [4.78, 5) is 12.8. The number of hydrogen-bond acceptors (Lipinski definition) is 2. The maximum absolute atomic E-state index is 12.8. The second-order valence-electron chi connectivity index (χ2n) is 13.8. The molecule has 0 rings (SSSR count). The third kappa shape index (κ3) is 32.3. The number of nitrogens with one attached hydrogen (secondary N) is 1. The first-order valence-electron chi connectivity index (χ1n) is 19.9. The summed E-state index contributed by atoms with van der Waals surface area (Å²) in [7, 11) is 0.